The second kappa shape index (κ2) is 7.12. The standard InChI is InChI=1S/C19H28O5/c20-14(12-5-7-15-17(10-12)23-15)4-2-1-3-9-22-19(21)13-6-8-16-18(11-13)24-16/h12-13,15-18H,1-11H2. The molecule has 2 saturated heterocycles. The van der Waals surface area contributed by atoms with Crippen LogP contribution in [0, 0.1) is 11.8 Å². The molecule has 0 amide bonds. The van der Waals surface area contributed by atoms with E-state index in [1.54, 1.807) is 0 Å². The van der Waals surface area contributed by atoms with E-state index >= 15 is 0 Å². The lowest BCUT2D eigenvalue weighted by molar-refractivity contribution is -0.149. The number of ketones is 1. The summed E-state index contributed by atoms with van der Waals surface area (Å²) in [6.45, 7) is 0.486. The summed E-state index contributed by atoms with van der Waals surface area (Å²) < 4.78 is 16.3. The Kier molecular flexibility index (Phi) is 4.90. The Labute approximate surface area is 143 Å². The van der Waals surface area contributed by atoms with Crippen LogP contribution in [0.15, 0.2) is 0 Å². The molecule has 2 heterocycles. The van der Waals surface area contributed by atoms with Crippen molar-refractivity contribution in [3.05, 3.63) is 0 Å². The Morgan fingerprint density at radius 2 is 1.46 bits per heavy atom. The number of esters is 1. The van der Waals surface area contributed by atoms with Crippen LogP contribution in [0.5, 0.6) is 0 Å². The molecular weight excluding hydrogens is 308 g/mol. The summed E-state index contributed by atoms with van der Waals surface area (Å²) in [6, 6.07) is 0. The van der Waals surface area contributed by atoms with Crippen LogP contribution in [-0.4, -0.2) is 42.8 Å². The molecule has 0 aromatic heterocycles. The Hall–Kier alpha value is -0.940. The van der Waals surface area contributed by atoms with Crippen molar-refractivity contribution in [2.45, 2.75) is 88.6 Å². The van der Waals surface area contributed by atoms with Gasteiger partial charge >= 0.3 is 5.97 Å². The lowest BCUT2D eigenvalue weighted by Crippen LogP contribution is -2.24. The molecule has 2 saturated carbocycles. The van der Waals surface area contributed by atoms with Gasteiger partial charge in [-0.05, 0) is 57.8 Å². The first-order chi connectivity index (χ1) is 11.7. The van der Waals surface area contributed by atoms with Crippen LogP contribution in [0.25, 0.3) is 0 Å². The van der Waals surface area contributed by atoms with Gasteiger partial charge in [0.05, 0.1) is 36.9 Å². The van der Waals surface area contributed by atoms with Crippen molar-refractivity contribution < 1.29 is 23.8 Å². The average molecular weight is 336 g/mol. The van der Waals surface area contributed by atoms with Gasteiger partial charge in [-0.1, -0.05) is 0 Å². The topological polar surface area (TPSA) is 68.4 Å². The van der Waals surface area contributed by atoms with E-state index in [1.165, 1.54) is 0 Å². The fraction of sp³-hybridized carbons (Fsp3) is 0.895. The first-order valence-electron chi connectivity index (χ1n) is 9.71. The van der Waals surface area contributed by atoms with Crippen LogP contribution in [0.3, 0.4) is 0 Å². The molecule has 2 aliphatic carbocycles. The molecule has 0 radical (unpaired) electrons. The van der Waals surface area contributed by atoms with Gasteiger partial charge in [-0.3, -0.25) is 9.59 Å². The highest BCUT2D eigenvalue weighted by Crippen LogP contribution is 2.40. The van der Waals surface area contributed by atoms with E-state index in [0.29, 0.717) is 43.2 Å². The van der Waals surface area contributed by atoms with Gasteiger partial charge in [-0.2, -0.15) is 0 Å². The molecule has 4 fully saturated rings. The van der Waals surface area contributed by atoms with Gasteiger partial charge in [0.2, 0.25) is 0 Å². The zero-order chi connectivity index (χ0) is 16.5. The number of epoxide rings is 2. The first-order valence-corrected chi connectivity index (χ1v) is 9.71. The molecule has 6 unspecified atom stereocenters. The largest absolute Gasteiger partial charge is 0.465 e. The van der Waals surface area contributed by atoms with E-state index in [9.17, 15) is 9.59 Å². The number of hydrogen-bond acceptors (Lipinski definition) is 5. The second-order valence-corrected chi connectivity index (χ2v) is 7.89. The molecule has 4 rings (SSSR count). The third-order valence-corrected chi connectivity index (χ3v) is 6.11. The quantitative estimate of drug-likeness (QED) is 0.387. The van der Waals surface area contributed by atoms with E-state index in [1.807, 2.05) is 0 Å². The molecule has 4 aliphatic rings. The van der Waals surface area contributed by atoms with Gasteiger partial charge in [0.15, 0.2) is 0 Å². The Balaban J connectivity index is 1.03. The third-order valence-electron chi connectivity index (χ3n) is 6.11. The minimum Gasteiger partial charge on any atom is -0.465 e. The highest BCUT2D eigenvalue weighted by atomic mass is 16.6. The maximum atomic E-state index is 12.2. The number of ether oxygens (including phenoxy) is 3. The van der Waals surface area contributed by atoms with Gasteiger partial charge in [0.25, 0.3) is 0 Å². The predicted octanol–water partition coefficient (Wildman–Crippen LogP) is 2.79. The highest BCUT2D eigenvalue weighted by molar-refractivity contribution is 5.81. The molecule has 24 heavy (non-hydrogen) atoms. The summed E-state index contributed by atoms with van der Waals surface area (Å²) in [5, 5.41) is 0. The van der Waals surface area contributed by atoms with Crippen molar-refractivity contribution in [1.29, 1.82) is 0 Å². The first kappa shape index (κ1) is 16.5. The van der Waals surface area contributed by atoms with Gasteiger partial charge in [-0.15, -0.1) is 0 Å². The normalized spacial score (nSPS) is 39.5. The summed E-state index contributed by atoms with van der Waals surface area (Å²) >= 11 is 0. The molecule has 0 spiro atoms. The number of unbranched alkanes of at least 4 members (excludes halogenated alkanes) is 2. The second-order valence-electron chi connectivity index (χ2n) is 7.89. The van der Waals surface area contributed by atoms with Crippen molar-refractivity contribution in [3.63, 3.8) is 0 Å². The van der Waals surface area contributed by atoms with Crippen molar-refractivity contribution >= 4 is 11.8 Å². The number of hydrogen-bond donors (Lipinski definition) is 0. The van der Waals surface area contributed by atoms with Crippen molar-refractivity contribution in [3.8, 4) is 0 Å². The molecule has 6 atom stereocenters. The molecular formula is C19H28O5. The molecule has 5 heteroatoms. The smallest absolute Gasteiger partial charge is 0.309 e. The zero-order valence-electron chi connectivity index (χ0n) is 14.3. The Morgan fingerprint density at radius 3 is 2.17 bits per heavy atom. The SMILES string of the molecule is O=C(CCCCCOC(=O)C1CCC2OC2C1)C1CCC2OC2C1. The van der Waals surface area contributed by atoms with E-state index in [2.05, 4.69) is 0 Å². The Morgan fingerprint density at radius 1 is 0.792 bits per heavy atom. The maximum absolute atomic E-state index is 12.2. The fourth-order valence-corrected chi connectivity index (χ4v) is 4.39. The number of fused-ring (bicyclic) bond motifs is 2. The minimum atomic E-state index is -0.0544. The summed E-state index contributed by atoms with van der Waals surface area (Å²) in [5.41, 5.74) is 0. The molecule has 2 aliphatic heterocycles. The third kappa shape index (κ3) is 3.99. The van der Waals surface area contributed by atoms with E-state index in [-0.39, 0.29) is 17.8 Å². The van der Waals surface area contributed by atoms with E-state index in [4.69, 9.17) is 14.2 Å². The average Bonchev–Trinajstić information content (AvgIpc) is 3.49. The molecule has 0 aromatic rings. The molecule has 134 valence electrons. The monoisotopic (exact) mass is 336 g/mol. The van der Waals surface area contributed by atoms with Gasteiger partial charge in [0, 0.05) is 12.3 Å². The lowest BCUT2D eigenvalue weighted by Gasteiger charge is -2.18. The number of carbonyl (C=O) groups is 2. The number of carbonyl (C=O) groups excluding carboxylic acids is 2. The molecule has 0 bridgehead atoms. The summed E-state index contributed by atoms with van der Waals surface area (Å²) in [5.74, 6) is 0.616. The minimum absolute atomic E-state index is 0.0371. The highest BCUT2D eigenvalue weighted by Gasteiger charge is 2.46. The lowest BCUT2D eigenvalue weighted by atomic mass is 9.84. The molecule has 0 aromatic carbocycles. The van der Waals surface area contributed by atoms with Crippen molar-refractivity contribution in [2.24, 2.45) is 11.8 Å². The van der Waals surface area contributed by atoms with Crippen LogP contribution < -0.4 is 0 Å². The van der Waals surface area contributed by atoms with Gasteiger partial charge in [0.1, 0.15) is 5.78 Å². The van der Waals surface area contributed by atoms with Crippen LogP contribution in [0.2, 0.25) is 0 Å². The van der Waals surface area contributed by atoms with Crippen molar-refractivity contribution in [1.82, 2.24) is 0 Å². The van der Waals surface area contributed by atoms with E-state index in [0.717, 1.165) is 57.8 Å². The van der Waals surface area contributed by atoms with Crippen molar-refractivity contribution in [2.75, 3.05) is 6.61 Å². The van der Waals surface area contributed by atoms with Crippen LogP contribution >= 0.6 is 0 Å². The maximum Gasteiger partial charge on any atom is 0.309 e. The fourth-order valence-electron chi connectivity index (χ4n) is 4.39. The van der Waals surface area contributed by atoms with E-state index < -0.39 is 0 Å². The summed E-state index contributed by atoms with van der Waals surface area (Å²) in [4.78, 5) is 24.2. The summed E-state index contributed by atoms with van der Waals surface area (Å²) in [6.07, 6.45) is 10.7. The van der Waals surface area contributed by atoms with Gasteiger partial charge in [-0.25, -0.2) is 0 Å². The number of Topliss-reactive ketones (excluding diaryl/α,β-unsaturated/α-hetero) is 1. The predicted molar refractivity (Wildman–Crippen MR) is 86.4 cm³/mol. The molecule has 5 nitrogen and oxygen atoms in total. The number of rotatable bonds is 8. The zero-order valence-corrected chi connectivity index (χ0v) is 14.3. The van der Waals surface area contributed by atoms with Crippen LogP contribution in [0.4, 0.5) is 0 Å². The van der Waals surface area contributed by atoms with Crippen LogP contribution in [-0.2, 0) is 23.8 Å². The Bertz CT molecular complexity index is 446. The molecule has 0 N–H and O–H groups in total. The van der Waals surface area contributed by atoms with Gasteiger partial charge < -0.3 is 14.2 Å². The van der Waals surface area contributed by atoms with Crippen LogP contribution in [0.1, 0.15) is 64.2 Å². The summed E-state index contributed by atoms with van der Waals surface area (Å²) in [7, 11) is 0.